The van der Waals surface area contributed by atoms with Crippen LogP contribution in [0.2, 0.25) is 0 Å². The number of nitrogens with zero attached hydrogens (tertiary/aromatic N) is 2. The van der Waals surface area contributed by atoms with Gasteiger partial charge in [-0.05, 0) is 39.2 Å². The van der Waals surface area contributed by atoms with Gasteiger partial charge in [-0.25, -0.2) is 0 Å². The minimum absolute atomic E-state index is 0.0397. The number of aliphatic hydroxyl groups excluding tert-OH is 1. The zero-order valence-corrected chi connectivity index (χ0v) is 16.3. The van der Waals surface area contributed by atoms with Gasteiger partial charge in [-0.15, -0.1) is 0 Å². The summed E-state index contributed by atoms with van der Waals surface area (Å²) in [6.07, 6.45) is -3.22. The molecule has 2 aliphatic heterocycles. The molecule has 164 valence electrons. The minimum atomic E-state index is -4.12. The fourth-order valence-corrected chi connectivity index (χ4v) is 3.99. The van der Waals surface area contributed by atoms with Gasteiger partial charge < -0.3 is 24.7 Å². The van der Waals surface area contributed by atoms with E-state index >= 15 is 0 Å². The van der Waals surface area contributed by atoms with Crippen molar-refractivity contribution < 1.29 is 37.7 Å². The van der Waals surface area contributed by atoms with Crippen molar-refractivity contribution in [2.75, 3.05) is 45.9 Å². The van der Waals surface area contributed by atoms with Gasteiger partial charge in [0.1, 0.15) is 6.61 Å². The molecule has 2 aliphatic rings. The molecule has 1 amide bonds. The van der Waals surface area contributed by atoms with Crippen LogP contribution in [-0.4, -0.2) is 90.6 Å². The van der Waals surface area contributed by atoms with Crippen molar-refractivity contribution in [2.24, 2.45) is 5.41 Å². The van der Waals surface area contributed by atoms with Crippen molar-refractivity contribution in [3.63, 3.8) is 0 Å². The molecule has 0 unspecified atom stereocenters. The summed E-state index contributed by atoms with van der Waals surface area (Å²) in [4.78, 5) is 24.3. The van der Waals surface area contributed by atoms with Crippen molar-refractivity contribution in [1.82, 2.24) is 9.80 Å². The normalized spacial score (nSPS) is 25.9. The van der Waals surface area contributed by atoms with Crippen LogP contribution in [0.15, 0.2) is 0 Å². The Kier molecular flexibility index (Phi) is 10.2. The first-order chi connectivity index (χ1) is 13.2. The Bertz CT molecular complexity index is 492. The molecule has 2 fully saturated rings. The first-order valence-corrected chi connectivity index (χ1v) is 9.58. The quantitative estimate of drug-likeness (QED) is 0.646. The molecule has 2 N–H and O–H groups in total. The predicted octanol–water partition coefficient (Wildman–Crippen LogP) is 1.74. The van der Waals surface area contributed by atoms with Gasteiger partial charge in [0, 0.05) is 44.6 Å². The maximum Gasteiger partial charge on any atom is 0.389 e. The number of halogens is 3. The van der Waals surface area contributed by atoms with Gasteiger partial charge in [-0.3, -0.25) is 9.59 Å². The Morgan fingerprint density at radius 1 is 1.32 bits per heavy atom. The molecular weight excluding hydrogens is 381 g/mol. The van der Waals surface area contributed by atoms with Crippen molar-refractivity contribution in [1.29, 1.82) is 0 Å². The first-order valence-electron chi connectivity index (χ1n) is 9.58. The van der Waals surface area contributed by atoms with Gasteiger partial charge in [-0.1, -0.05) is 0 Å². The van der Waals surface area contributed by atoms with E-state index in [1.807, 2.05) is 11.8 Å². The molecular formula is C18H31F3N2O5. The number of carbonyl (C=O) groups excluding carboxylic acids is 1. The van der Waals surface area contributed by atoms with Crippen LogP contribution in [-0.2, 0) is 14.3 Å². The molecule has 0 aromatic carbocycles. The van der Waals surface area contributed by atoms with E-state index in [4.69, 9.17) is 14.6 Å². The molecule has 0 saturated carbocycles. The number of aliphatic hydroxyl groups is 1. The van der Waals surface area contributed by atoms with E-state index in [2.05, 4.69) is 0 Å². The molecule has 10 heteroatoms. The van der Waals surface area contributed by atoms with Crippen molar-refractivity contribution >= 4 is 12.4 Å². The lowest BCUT2D eigenvalue weighted by molar-refractivity contribution is -0.147. The van der Waals surface area contributed by atoms with E-state index in [1.54, 1.807) is 4.90 Å². The molecule has 0 aliphatic carbocycles. The second-order valence-corrected chi connectivity index (χ2v) is 7.32. The van der Waals surface area contributed by atoms with E-state index in [0.29, 0.717) is 45.8 Å². The number of rotatable bonds is 6. The molecule has 1 spiro atoms. The van der Waals surface area contributed by atoms with Gasteiger partial charge >= 0.3 is 6.18 Å². The van der Waals surface area contributed by atoms with E-state index in [-0.39, 0.29) is 25.4 Å². The summed E-state index contributed by atoms with van der Waals surface area (Å²) in [5.74, 6) is -0.0812. The number of piperidine rings is 2. The summed E-state index contributed by atoms with van der Waals surface area (Å²) in [5.41, 5.74) is -0.434. The van der Waals surface area contributed by atoms with Gasteiger partial charge in [0.25, 0.3) is 6.47 Å². The molecule has 0 aromatic rings. The average molecular weight is 412 g/mol. The zero-order valence-electron chi connectivity index (χ0n) is 16.3. The first kappa shape index (κ1) is 24.6. The van der Waals surface area contributed by atoms with Gasteiger partial charge in [0.05, 0.1) is 6.10 Å². The van der Waals surface area contributed by atoms with Crippen LogP contribution in [0.25, 0.3) is 0 Å². The van der Waals surface area contributed by atoms with Crippen molar-refractivity contribution in [3.05, 3.63) is 0 Å². The van der Waals surface area contributed by atoms with Crippen LogP contribution in [0.4, 0.5) is 13.2 Å². The van der Waals surface area contributed by atoms with Crippen LogP contribution in [0.5, 0.6) is 0 Å². The van der Waals surface area contributed by atoms with Gasteiger partial charge in [-0.2, -0.15) is 13.2 Å². The summed E-state index contributed by atoms with van der Waals surface area (Å²) < 4.78 is 42.2. The zero-order chi connectivity index (χ0) is 21.2. The lowest BCUT2D eigenvalue weighted by Gasteiger charge is -2.51. The number of carboxylic acid groups (broad SMARTS) is 1. The minimum Gasteiger partial charge on any atom is -0.483 e. The average Bonchev–Trinajstić information content (AvgIpc) is 2.62. The molecule has 2 rings (SSSR count). The van der Waals surface area contributed by atoms with E-state index in [9.17, 15) is 23.1 Å². The maximum atomic E-state index is 12.3. The number of alkyl halides is 3. The molecule has 2 heterocycles. The molecule has 28 heavy (non-hydrogen) atoms. The monoisotopic (exact) mass is 412 g/mol. The Hall–Kier alpha value is -1.39. The fourth-order valence-electron chi connectivity index (χ4n) is 3.99. The maximum absolute atomic E-state index is 12.3. The smallest absolute Gasteiger partial charge is 0.389 e. The second-order valence-electron chi connectivity index (χ2n) is 7.32. The number of likely N-dealkylation sites (tertiary alicyclic amines) is 2. The summed E-state index contributed by atoms with van der Waals surface area (Å²) in [7, 11) is 0. The van der Waals surface area contributed by atoms with Crippen LogP contribution in [0.1, 0.15) is 39.0 Å². The Morgan fingerprint density at radius 3 is 2.61 bits per heavy atom. The van der Waals surface area contributed by atoms with E-state index in [1.165, 1.54) is 0 Å². The Morgan fingerprint density at radius 2 is 2.00 bits per heavy atom. The lowest BCUT2D eigenvalue weighted by Crippen LogP contribution is -2.60. The SMILES string of the molecule is CCOCC(=O)N1CCC[C@@]2(CN(CCCC(F)(F)F)CC[C@H]2O)C1.O=CO. The Balaban J connectivity index is 0.00000122. The third-order valence-corrected chi connectivity index (χ3v) is 5.29. The highest BCUT2D eigenvalue weighted by Gasteiger charge is 2.46. The molecule has 0 radical (unpaired) electrons. The number of hydrogen-bond donors (Lipinski definition) is 2. The van der Waals surface area contributed by atoms with Crippen LogP contribution < -0.4 is 0 Å². The number of amides is 1. The third kappa shape index (κ3) is 7.92. The second kappa shape index (κ2) is 11.6. The van der Waals surface area contributed by atoms with Crippen LogP contribution in [0.3, 0.4) is 0 Å². The topological polar surface area (TPSA) is 90.3 Å². The number of hydrogen-bond acceptors (Lipinski definition) is 5. The van der Waals surface area contributed by atoms with Gasteiger partial charge in [0.15, 0.2) is 0 Å². The highest BCUT2D eigenvalue weighted by molar-refractivity contribution is 5.77. The van der Waals surface area contributed by atoms with Gasteiger partial charge in [0.2, 0.25) is 5.91 Å². The molecule has 2 atom stereocenters. The summed E-state index contributed by atoms with van der Waals surface area (Å²) in [5, 5.41) is 17.4. The van der Waals surface area contributed by atoms with Crippen LogP contribution in [0, 0.1) is 5.41 Å². The number of carbonyl (C=O) groups is 2. The molecule has 7 nitrogen and oxygen atoms in total. The molecule has 0 bridgehead atoms. The van der Waals surface area contributed by atoms with Crippen molar-refractivity contribution in [3.8, 4) is 0 Å². The number of ether oxygens (including phenoxy) is 1. The molecule has 2 saturated heterocycles. The highest BCUT2D eigenvalue weighted by atomic mass is 19.4. The highest BCUT2D eigenvalue weighted by Crippen LogP contribution is 2.39. The fraction of sp³-hybridized carbons (Fsp3) is 0.889. The summed E-state index contributed by atoms with van der Waals surface area (Å²) >= 11 is 0. The van der Waals surface area contributed by atoms with E-state index < -0.39 is 24.1 Å². The Labute approximate surface area is 163 Å². The van der Waals surface area contributed by atoms with Crippen molar-refractivity contribution in [2.45, 2.75) is 51.3 Å². The van der Waals surface area contributed by atoms with E-state index in [0.717, 1.165) is 12.8 Å². The summed E-state index contributed by atoms with van der Waals surface area (Å²) in [6.45, 7) is 4.72. The predicted molar refractivity (Wildman–Crippen MR) is 95.8 cm³/mol. The standard InChI is InChI=1S/C17H29F3N2O3.CH2O2/c1-2-25-11-15(24)22-9-3-6-16(13-22)12-21(10-5-14(16)23)8-4-7-17(18,19)20;2-1-3/h14,23H,2-13H2,1H3;1H,(H,2,3)/t14-,16-;/m1./s1. The third-order valence-electron chi connectivity index (χ3n) is 5.29. The lowest BCUT2D eigenvalue weighted by atomic mass is 9.71. The summed E-state index contributed by atoms with van der Waals surface area (Å²) in [6, 6.07) is 0. The van der Waals surface area contributed by atoms with Crippen LogP contribution >= 0.6 is 0 Å². The molecule has 0 aromatic heterocycles. The largest absolute Gasteiger partial charge is 0.483 e.